The molecule has 0 bridgehead atoms. The van der Waals surface area contributed by atoms with E-state index in [0.29, 0.717) is 102 Å². The number of aliphatic hydroxyl groups is 2. The van der Waals surface area contributed by atoms with E-state index in [2.05, 4.69) is 77.5 Å². The van der Waals surface area contributed by atoms with E-state index in [0.717, 1.165) is 17.8 Å². The third kappa shape index (κ3) is 21.2. The van der Waals surface area contributed by atoms with E-state index in [9.17, 15) is 23.2 Å². The van der Waals surface area contributed by atoms with Crippen molar-refractivity contribution in [3.05, 3.63) is 108 Å². The quantitative estimate of drug-likeness (QED) is 0.00452. The summed E-state index contributed by atoms with van der Waals surface area (Å²) in [6, 6.07) is 28.2. The van der Waals surface area contributed by atoms with Crippen LogP contribution in [0.15, 0.2) is 107 Å². The Morgan fingerprint density at radius 2 is 0.961 bits per heavy atom. The summed E-state index contributed by atoms with van der Waals surface area (Å²) >= 11 is 0.680. The molecule has 12 N–H and O–H groups in total. The standard InChI is InChI=1S/C50H68N16O8S2/c1-65(2,3)33-41(67)31-51-25-13-27-53-45-59-47(55-37-15-9-7-10-16-37)63-49(61-45)57-39-23-21-35(43(29-39)75-74-73-69)19-20-36-22-24-40(30-44(36)76(70,71)72)58-50-62-46(60-48(64-50)56-38-17-11-8-12-18-38)54-28-14-26-52-32-42(68)34-66(4,5)6/h7-12,15-24,29-30,41-42,51-52,67-68H,13-14,25-28,31-34H2,1-6H3,(H6-2,53,54,55,56,57,58,59,60,61,62,63,64,69,70,71,72)/p+2. The lowest BCUT2D eigenvalue weighted by Crippen LogP contribution is -2.45. The van der Waals surface area contributed by atoms with Crippen molar-refractivity contribution in [2.24, 2.45) is 0 Å². The topological polar surface area (TPSA) is 307 Å². The van der Waals surface area contributed by atoms with E-state index in [1.165, 1.54) is 18.2 Å². The first kappa shape index (κ1) is 58.6. The van der Waals surface area contributed by atoms with Crippen LogP contribution in [0.25, 0.3) is 12.2 Å². The summed E-state index contributed by atoms with van der Waals surface area (Å²) in [5, 5.41) is 59.3. The number of likely N-dealkylation sites (N-methyl/N-ethyl adjacent to an activating group) is 2. The van der Waals surface area contributed by atoms with Crippen molar-refractivity contribution in [3.8, 4) is 0 Å². The maximum Gasteiger partial charge on any atom is 0.295 e. The first-order chi connectivity index (χ1) is 36.3. The second-order valence-electron chi connectivity index (χ2n) is 19.6. The molecule has 76 heavy (non-hydrogen) atoms. The molecule has 4 aromatic carbocycles. The fourth-order valence-corrected chi connectivity index (χ4v) is 8.70. The van der Waals surface area contributed by atoms with Gasteiger partial charge in [0.15, 0.2) is 0 Å². The maximum atomic E-state index is 12.9. The van der Waals surface area contributed by atoms with Crippen LogP contribution < -0.4 is 42.5 Å². The predicted octanol–water partition coefficient (Wildman–Crippen LogP) is 5.79. The van der Waals surface area contributed by atoms with E-state index in [1.54, 1.807) is 30.3 Å². The first-order valence-corrected chi connectivity index (χ1v) is 26.6. The maximum absolute atomic E-state index is 12.9. The molecule has 0 aliphatic rings. The summed E-state index contributed by atoms with van der Waals surface area (Å²) in [7, 11) is 7.40. The third-order valence-corrected chi connectivity index (χ3v) is 12.2. The van der Waals surface area contributed by atoms with Gasteiger partial charge < -0.3 is 61.7 Å². The van der Waals surface area contributed by atoms with Crippen LogP contribution in [0, 0.1) is 0 Å². The van der Waals surface area contributed by atoms with Crippen molar-refractivity contribution in [2.75, 3.05) is 127 Å². The SMILES string of the molecule is C[N+](C)(C)CC(O)CNCCCNc1nc(Nc2ccccc2)nc(Nc2ccc(C=Cc3ccc(Nc4nc(NCCCNCC(O)C[N+](C)(C)C)nc(Nc5ccccc5)n4)cc3S(=O)(=O)O)c(SOOO)c2)n1. The van der Waals surface area contributed by atoms with Crippen LogP contribution in [0.4, 0.5) is 58.4 Å². The Labute approximate surface area is 447 Å². The fraction of sp³-hybridized carbons (Fsp3) is 0.360. The van der Waals surface area contributed by atoms with Crippen LogP contribution in [0.1, 0.15) is 24.0 Å². The largest absolute Gasteiger partial charge is 0.386 e. The average molecular weight is 1090 g/mol. The molecule has 2 aromatic heterocycles. The first-order valence-electron chi connectivity index (χ1n) is 24.4. The van der Waals surface area contributed by atoms with Gasteiger partial charge in [0.1, 0.15) is 30.2 Å². The number of hydrogen-bond donors (Lipinski definition) is 12. The molecule has 0 spiro atoms. The summed E-state index contributed by atoms with van der Waals surface area (Å²) in [5.74, 6) is 1.33. The Morgan fingerprint density at radius 3 is 1.39 bits per heavy atom. The highest BCUT2D eigenvalue weighted by molar-refractivity contribution is 7.94. The lowest BCUT2D eigenvalue weighted by Gasteiger charge is -2.26. The lowest BCUT2D eigenvalue weighted by atomic mass is 10.1. The summed E-state index contributed by atoms with van der Waals surface area (Å²) in [5.41, 5.74) is 2.90. The number of anilines is 10. The van der Waals surface area contributed by atoms with Gasteiger partial charge in [-0.25, -0.2) is 5.26 Å². The van der Waals surface area contributed by atoms with Crippen LogP contribution in [-0.4, -0.2) is 174 Å². The van der Waals surface area contributed by atoms with E-state index in [4.69, 9.17) is 9.59 Å². The van der Waals surface area contributed by atoms with Gasteiger partial charge in [-0.15, -0.1) is 4.33 Å². The van der Waals surface area contributed by atoms with Crippen molar-refractivity contribution < 1.29 is 46.8 Å². The lowest BCUT2D eigenvalue weighted by molar-refractivity contribution is -0.873. The molecule has 0 amide bonds. The van der Waals surface area contributed by atoms with Crippen LogP contribution >= 0.6 is 12.0 Å². The second kappa shape index (κ2) is 28.5. The smallest absolute Gasteiger partial charge is 0.295 e. The zero-order chi connectivity index (χ0) is 54.6. The number of rotatable bonds is 32. The highest BCUT2D eigenvalue weighted by Crippen LogP contribution is 2.32. The average Bonchev–Trinajstić information content (AvgIpc) is 3.34. The van der Waals surface area contributed by atoms with Gasteiger partial charge >= 0.3 is 0 Å². The monoisotopic (exact) mass is 1090 g/mol. The predicted molar refractivity (Wildman–Crippen MR) is 298 cm³/mol. The summed E-state index contributed by atoms with van der Waals surface area (Å²) in [6.45, 7) is 4.52. The number of aromatic nitrogens is 6. The molecule has 6 rings (SSSR count). The van der Waals surface area contributed by atoms with Crippen LogP contribution in [0.2, 0.25) is 0 Å². The van der Waals surface area contributed by atoms with Gasteiger partial charge in [0.25, 0.3) is 10.1 Å². The fourth-order valence-electron chi connectivity index (χ4n) is 7.48. The number of benzene rings is 4. The zero-order valence-corrected chi connectivity index (χ0v) is 45.1. The number of quaternary nitrogens is 2. The van der Waals surface area contributed by atoms with Gasteiger partial charge in [-0.2, -0.15) is 38.3 Å². The molecule has 408 valence electrons. The van der Waals surface area contributed by atoms with Gasteiger partial charge in [0, 0.05) is 53.8 Å². The molecule has 2 heterocycles. The van der Waals surface area contributed by atoms with Crippen molar-refractivity contribution in [2.45, 2.75) is 34.8 Å². The van der Waals surface area contributed by atoms with Crippen LogP contribution in [0.3, 0.4) is 0 Å². The number of hydrogen-bond acceptors (Lipinski definition) is 22. The molecule has 0 saturated heterocycles. The molecule has 0 fully saturated rings. The summed E-state index contributed by atoms with van der Waals surface area (Å²) < 4.78 is 42.4. The minimum absolute atomic E-state index is 0.0871. The normalized spacial score (nSPS) is 12.8. The number of nitrogens with zero attached hydrogens (tertiary/aromatic N) is 8. The van der Waals surface area contributed by atoms with Crippen molar-refractivity contribution >= 4 is 92.8 Å². The molecule has 6 aromatic rings. The summed E-state index contributed by atoms with van der Waals surface area (Å²) in [6.07, 6.45) is 3.57. The minimum Gasteiger partial charge on any atom is -0.386 e. The Bertz CT molecular complexity index is 2900. The molecule has 2 unspecified atom stereocenters. The number of aliphatic hydroxyl groups excluding tert-OH is 2. The highest BCUT2D eigenvalue weighted by Gasteiger charge is 2.19. The Hall–Kier alpha value is -6.66. The van der Waals surface area contributed by atoms with E-state index in [1.807, 2.05) is 103 Å². The molecule has 0 radical (unpaired) electrons. The minimum atomic E-state index is -4.78. The van der Waals surface area contributed by atoms with Gasteiger partial charge in [0.05, 0.1) is 54.3 Å². The van der Waals surface area contributed by atoms with Gasteiger partial charge in [-0.05, 0) is 85.6 Å². The van der Waals surface area contributed by atoms with E-state index in [-0.39, 0.29) is 41.0 Å². The van der Waals surface area contributed by atoms with Gasteiger partial charge in [0.2, 0.25) is 35.7 Å². The Morgan fingerprint density at radius 1 is 0.553 bits per heavy atom. The highest BCUT2D eigenvalue weighted by atomic mass is 32.2. The molecule has 24 nitrogen and oxygen atoms in total. The van der Waals surface area contributed by atoms with E-state index >= 15 is 0 Å². The summed E-state index contributed by atoms with van der Waals surface area (Å²) in [4.78, 5) is 27.3. The van der Waals surface area contributed by atoms with E-state index < -0.39 is 27.2 Å². The molecule has 26 heteroatoms. The van der Waals surface area contributed by atoms with Gasteiger partial charge in [-0.1, -0.05) is 65.7 Å². The molecular weight excluding hydrogens is 1020 g/mol. The number of para-hydroxylation sites is 2. The van der Waals surface area contributed by atoms with Crippen molar-refractivity contribution in [1.29, 1.82) is 0 Å². The van der Waals surface area contributed by atoms with Gasteiger partial charge in [-0.3, -0.25) is 4.55 Å². The third-order valence-electron chi connectivity index (χ3n) is 10.6. The molecule has 0 aliphatic heterocycles. The van der Waals surface area contributed by atoms with Crippen LogP contribution in [0.5, 0.6) is 0 Å². The molecule has 2 atom stereocenters. The molecule has 0 aliphatic carbocycles. The number of nitrogens with one attached hydrogen (secondary N) is 8. The molecule has 0 saturated carbocycles. The van der Waals surface area contributed by atoms with Crippen molar-refractivity contribution in [3.63, 3.8) is 0 Å². The Balaban J connectivity index is 1.17. The van der Waals surface area contributed by atoms with Crippen molar-refractivity contribution in [1.82, 2.24) is 40.5 Å². The Kier molecular flexibility index (Phi) is 21.9. The second-order valence-corrected chi connectivity index (χ2v) is 21.7. The molecular formula is C50H70N16O8S2+2. The zero-order valence-electron chi connectivity index (χ0n) is 43.4. The van der Waals surface area contributed by atoms with Crippen LogP contribution in [-0.2, 0) is 19.5 Å².